The SMILES string of the molecule is Cc1ccc2ccc3ccc(CCc4ccc5ccc6ccc(C)nc6c5n4)nc3c2n1. The summed E-state index contributed by atoms with van der Waals surface area (Å²) in [5, 5.41) is 4.49. The van der Waals surface area contributed by atoms with Crippen LogP contribution in [0.15, 0.2) is 72.8 Å². The lowest BCUT2D eigenvalue weighted by atomic mass is 10.1. The van der Waals surface area contributed by atoms with E-state index in [0.717, 1.165) is 79.2 Å². The maximum atomic E-state index is 4.98. The highest BCUT2D eigenvalue weighted by Gasteiger charge is 2.08. The molecule has 0 aliphatic heterocycles. The highest BCUT2D eigenvalue weighted by atomic mass is 14.8. The lowest BCUT2D eigenvalue weighted by molar-refractivity contribution is 0.894. The van der Waals surface area contributed by atoms with Gasteiger partial charge < -0.3 is 0 Å². The topological polar surface area (TPSA) is 51.6 Å². The second kappa shape index (κ2) is 7.34. The molecule has 4 nitrogen and oxygen atoms in total. The highest BCUT2D eigenvalue weighted by molar-refractivity contribution is 6.03. The van der Waals surface area contributed by atoms with Crippen LogP contribution in [-0.4, -0.2) is 19.9 Å². The molecule has 0 saturated carbocycles. The van der Waals surface area contributed by atoms with E-state index in [9.17, 15) is 0 Å². The summed E-state index contributed by atoms with van der Waals surface area (Å²) in [6, 6.07) is 25.3. The van der Waals surface area contributed by atoms with Gasteiger partial charge in [0, 0.05) is 44.3 Å². The van der Waals surface area contributed by atoms with E-state index < -0.39 is 0 Å². The molecule has 6 aromatic rings. The fourth-order valence-corrected chi connectivity index (χ4v) is 4.35. The first-order valence-corrected chi connectivity index (χ1v) is 11.0. The normalized spacial score (nSPS) is 11.7. The number of rotatable bonds is 3. The third-order valence-corrected chi connectivity index (χ3v) is 6.07. The Morgan fingerprint density at radius 1 is 0.406 bits per heavy atom. The second-order valence-corrected chi connectivity index (χ2v) is 8.43. The summed E-state index contributed by atoms with van der Waals surface area (Å²) < 4.78 is 0. The zero-order valence-electron chi connectivity index (χ0n) is 18.1. The highest BCUT2D eigenvalue weighted by Crippen LogP contribution is 2.25. The van der Waals surface area contributed by atoms with Crippen LogP contribution in [-0.2, 0) is 12.8 Å². The van der Waals surface area contributed by atoms with E-state index in [-0.39, 0.29) is 0 Å². The van der Waals surface area contributed by atoms with Crippen molar-refractivity contribution in [3.05, 3.63) is 95.6 Å². The number of nitrogens with zero attached hydrogens (tertiary/aromatic N) is 4. The number of aryl methyl sites for hydroxylation is 4. The molecule has 4 aromatic heterocycles. The van der Waals surface area contributed by atoms with Gasteiger partial charge in [0.05, 0.1) is 22.1 Å². The quantitative estimate of drug-likeness (QED) is 0.320. The lowest BCUT2D eigenvalue weighted by Gasteiger charge is -2.08. The molecule has 0 unspecified atom stereocenters. The van der Waals surface area contributed by atoms with Gasteiger partial charge >= 0.3 is 0 Å². The van der Waals surface area contributed by atoms with Crippen LogP contribution in [0, 0.1) is 13.8 Å². The van der Waals surface area contributed by atoms with Crippen LogP contribution >= 0.6 is 0 Å². The molecule has 6 rings (SSSR count). The molecule has 0 amide bonds. The minimum absolute atomic E-state index is 0.827. The molecule has 32 heavy (non-hydrogen) atoms. The summed E-state index contributed by atoms with van der Waals surface area (Å²) in [4.78, 5) is 19.5. The lowest BCUT2D eigenvalue weighted by Crippen LogP contribution is -1.99. The maximum absolute atomic E-state index is 4.98. The Morgan fingerprint density at radius 3 is 1.12 bits per heavy atom. The smallest absolute Gasteiger partial charge is 0.0967 e. The molecular formula is C28H22N4. The van der Waals surface area contributed by atoms with Gasteiger partial charge in [-0.3, -0.25) is 19.9 Å². The molecule has 0 bridgehead atoms. The van der Waals surface area contributed by atoms with E-state index in [1.807, 2.05) is 26.0 Å². The van der Waals surface area contributed by atoms with Crippen molar-refractivity contribution < 1.29 is 0 Å². The summed E-state index contributed by atoms with van der Waals surface area (Å²) in [5.74, 6) is 0. The fraction of sp³-hybridized carbons (Fsp3) is 0.143. The number of pyridine rings is 4. The number of aromatic nitrogens is 4. The maximum Gasteiger partial charge on any atom is 0.0967 e. The molecule has 4 heteroatoms. The standard InChI is InChI=1S/C28H22N4/c1-17-3-5-19-7-9-21-11-13-23(31-27(21)25(19)29-17)15-16-24-14-12-22-10-8-20-6-4-18(2)30-26(20)28(22)32-24/h3-14H,15-16H2,1-2H3. The van der Waals surface area contributed by atoms with E-state index in [1.54, 1.807) is 0 Å². The van der Waals surface area contributed by atoms with E-state index in [0.29, 0.717) is 0 Å². The molecule has 0 radical (unpaired) electrons. The van der Waals surface area contributed by atoms with Crippen LogP contribution in [0.2, 0.25) is 0 Å². The van der Waals surface area contributed by atoms with E-state index >= 15 is 0 Å². The Kier molecular flexibility index (Phi) is 4.32. The van der Waals surface area contributed by atoms with Crippen molar-refractivity contribution in [2.24, 2.45) is 0 Å². The largest absolute Gasteiger partial charge is 0.251 e. The Bertz CT molecular complexity index is 1530. The molecule has 0 fully saturated rings. The first-order valence-electron chi connectivity index (χ1n) is 11.0. The average Bonchev–Trinajstić information content (AvgIpc) is 2.82. The summed E-state index contributed by atoms with van der Waals surface area (Å²) in [7, 11) is 0. The van der Waals surface area contributed by atoms with E-state index in [4.69, 9.17) is 19.9 Å². The van der Waals surface area contributed by atoms with Crippen molar-refractivity contribution >= 4 is 43.6 Å². The summed E-state index contributed by atoms with van der Waals surface area (Å²) in [5.41, 5.74) is 8.02. The molecular weight excluding hydrogens is 392 g/mol. The van der Waals surface area contributed by atoms with Gasteiger partial charge in [-0.25, -0.2) is 0 Å². The number of benzene rings is 2. The van der Waals surface area contributed by atoms with Crippen molar-refractivity contribution in [1.82, 2.24) is 19.9 Å². The van der Waals surface area contributed by atoms with Gasteiger partial charge in [0.15, 0.2) is 0 Å². The van der Waals surface area contributed by atoms with Crippen molar-refractivity contribution in [3.8, 4) is 0 Å². The van der Waals surface area contributed by atoms with Gasteiger partial charge in [-0.15, -0.1) is 0 Å². The summed E-state index contributed by atoms with van der Waals surface area (Å²) >= 11 is 0. The van der Waals surface area contributed by atoms with Crippen molar-refractivity contribution in [2.45, 2.75) is 26.7 Å². The molecule has 0 atom stereocenters. The van der Waals surface area contributed by atoms with Crippen molar-refractivity contribution in [3.63, 3.8) is 0 Å². The van der Waals surface area contributed by atoms with Crippen LogP contribution in [0.4, 0.5) is 0 Å². The zero-order chi connectivity index (χ0) is 21.7. The monoisotopic (exact) mass is 414 g/mol. The van der Waals surface area contributed by atoms with Gasteiger partial charge in [0.2, 0.25) is 0 Å². The Labute approximate surface area is 186 Å². The van der Waals surface area contributed by atoms with Crippen molar-refractivity contribution in [1.29, 1.82) is 0 Å². The predicted molar refractivity (Wildman–Crippen MR) is 131 cm³/mol. The summed E-state index contributed by atoms with van der Waals surface area (Å²) in [6.07, 6.45) is 1.65. The van der Waals surface area contributed by atoms with Gasteiger partial charge in [0.25, 0.3) is 0 Å². The van der Waals surface area contributed by atoms with Crippen LogP contribution in [0.5, 0.6) is 0 Å². The Morgan fingerprint density at radius 2 is 0.719 bits per heavy atom. The fourth-order valence-electron chi connectivity index (χ4n) is 4.35. The first-order chi connectivity index (χ1) is 15.6. The van der Waals surface area contributed by atoms with Gasteiger partial charge in [-0.1, -0.05) is 48.5 Å². The summed E-state index contributed by atoms with van der Waals surface area (Å²) in [6.45, 7) is 4.04. The van der Waals surface area contributed by atoms with Crippen LogP contribution in [0.3, 0.4) is 0 Å². The number of hydrogen-bond donors (Lipinski definition) is 0. The molecule has 4 heterocycles. The number of fused-ring (bicyclic) bond motifs is 6. The first kappa shape index (κ1) is 18.8. The molecule has 0 aliphatic carbocycles. The van der Waals surface area contributed by atoms with Crippen LogP contribution in [0.1, 0.15) is 22.8 Å². The number of hydrogen-bond acceptors (Lipinski definition) is 4. The third-order valence-electron chi connectivity index (χ3n) is 6.07. The average molecular weight is 415 g/mol. The predicted octanol–water partition coefficient (Wildman–Crippen LogP) is 6.28. The molecule has 0 aliphatic rings. The van der Waals surface area contributed by atoms with Crippen LogP contribution in [0.25, 0.3) is 43.6 Å². The Balaban J connectivity index is 1.37. The van der Waals surface area contributed by atoms with E-state index in [1.165, 1.54) is 0 Å². The van der Waals surface area contributed by atoms with Gasteiger partial charge in [-0.2, -0.15) is 0 Å². The molecule has 0 N–H and O–H groups in total. The molecule has 0 saturated heterocycles. The Hall–Kier alpha value is -3.92. The van der Waals surface area contributed by atoms with Gasteiger partial charge in [0.1, 0.15) is 0 Å². The van der Waals surface area contributed by atoms with Crippen molar-refractivity contribution in [2.75, 3.05) is 0 Å². The van der Waals surface area contributed by atoms with E-state index in [2.05, 4.69) is 60.7 Å². The molecule has 0 spiro atoms. The minimum atomic E-state index is 0.827. The zero-order valence-corrected chi connectivity index (χ0v) is 18.1. The van der Waals surface area contributed by atoms with Crippen LogP contribution < -0.4 is 0 Å². The molecule has 154 valence electrons. The third kappa shape index (κ3) is 3.25. The molecule has 2 aromatic carbocycles. The minimum Gasteiger partial charge on any atom is -0.251 e. The second-order valence-electron chi connectivity index (χ2n) is 8.43. The van der Waals surface area contributed by atoms with Gasteiger partial charge in [-0.05, 0) is 51.0 Å².